The van der Waals surface area contributed by atoms with E-state index in [0.29, 0.717) is 6.42 Å². The molecule has 0 atom stereocenters. The maximum absolute atomic E-state index is 12.0. The van der Waals surface area contributed by atoms with Crippen LogP contribution in [0.15, 0.2) is 12.4 Å². The number of thiophene rings is 1. The lowest BCUT2D eigenvalue weighted by Gasteiger charge is -2.16. The minimum Gasteiger partial charge on any atom is -0.299 e. The molecule has 0 saturated carbocycles. The van der Waals surface area contributed by atoms with Crippen LogP contribution in [-0.2, 0) is 11.2 Å². The Bertz CT molecular complexity index is 566. The Kier molecular flexibility index (Phi) is 3.00. The van der Waals surface area contributed by atoms with Crippen molar-refractivity contribution in [2.45, 2.75) is 34.1 Å². The van der Waals surface area contributed by atoms with Gasteiger partial charge in [0.15, 0.2) is 0 Å². The number of hydrogen-bond donors (Lipinski definition) is 0. The summed E-state index contributed by atoms with van der Waals surface area (Å²) in [6.45, 7) is 7.85. The van der Waals surface area contributed by atoms with Gasteiger partial charge in [0.05, 0.1) is 12.1 Å². The van der Waals surface area contributed by atoms with Gasteiger partial charge in [0, 0.05) is 15.7 Å². The monoisotopic (exact) mass is 248 g/mol. The maximum Gasteiger partial charge on any atom is 0.144 e. The summed E-state index contributed by atoms with van der Waals surface area (Å²) in [5, 5.41) is 1.02. The van der Waals surface area contributed by atoms with Crippen molar-refractivity contribution < 1.29 is 4.79 Å². The molecule has 0 fully saturated rings. The molecule has 0 aliphatic rings. The molecule has 0 spiro atoms. The normalized spacial score (nSPS) is 12.0. The van der Waals surface area contributed by atoms with Gasteiger partial charge in [0.25, 0.3) is 0 Å². The molecule has 90 valence electrons. The zero-order chi connectivity index (χ0) is 12.6. The number of Topliss-reactive ketones (excluding diaryl/α,β-unsaturated/α-hetero) is 1. The van der Waals surface area contributed by atoms with Crippen LogP contribution >= 0.6 is 11.3 Å². The van der Waals surface area contributed by atoms with Gasteiger partial charge in [0.2, 0.25) is 0 Å². The fourth-order valence-electron chi connectivity index (χ4n) is 1.58. The zero-order valence-corrected chi connectivity index (χ0v) is 11.4. The number of aryl methyl sites for hydroxylation is 1. The van der Waals surface area contributed by atoms with Gasteiger partial charge in [0.1, 0.15) is 16.9 Å². The van der Waals surface area contributed by atoms with E-state index < -0.39 is 0 Å². The standard InChI is InChI=1S/C13H16N2OS/c1-8-5-9-10(6-11(16)13(2,3)4)14-7-15-12(9)17-8/h5,7H,6H2,1-4H3. The van der Waals surface area contributed by atoms with Crippen LogP contribution in [0.25, 0.3) is 10.2 Å². The predicted octanol–water partition coefficient (Wildman–Crippen LogP) is 3.16. The van der Waals surface area contributed by atoms with E-state index in [9.17, 15) is 4.79 Å². The van der Waals surface area contributed by atoms with Gasteiger partial charge in [-0.2, -0.15) is 0 Å². The summed E-state index contributed by atoms with van der Waals surface area (Å²) in [6, 6.07) is 2.06. The first-order chi connectivity index (χ1) is 7.88. The smallest absolute Gasteiger partial charge is 0.144 e. The van der Waals surface area contributed by atoms with E-state index in [0.717, 1.165) is 15.9 Å². The summed E-state index contributed by atoms with van der Waals surface area (Å²) in [5.74, 6) is 0.210. The van der Waals surface area contributed by atoms with Crippen molar-refractivity contribution in [1.29, 1.82) is 0 Å². The Morgan fingerprint density at radius 2 is 2.06 bits per heavy atom. The molecule has 2 heterocycles. The number of hydrogen-bond acceptors (Lipinski definition) is 4. The molecule has 4 heteroatoms. The Morgan fingerprint density at radius 1 is 1.35 bits per heavy atom. The number of aromatic nitrogens is 2. The third-order valence-corrected chi connectivity index (χ3v) is 3.66. The van der Waals surface area contributed by atoms with Gasteiger partial charge < -0.3 is 0 Å². The highest BCUT2D eigenvalue weighted by Gasteiger charge is 2.22. The summed E-state index contributed by atoms with van der Waals surface area (Å²) in [4.78, 5) is 22.7. The second-order valence-corrected chi connectivity index (χ2v) is 6.48. The second kappa shape index (κ2) is 4.18. The van der Waals surface area contributed by atoms with E-state index in [4.69, 9.17) is 0 Å². The quantitative estimate of drug-likeness (QED) is 0.820. The summed E-state index contributed by atoms with van der Waals surface area (Å²) in [5.41, 5.74) is 0.529. The third kappa shape index (κ3) is 2.52. The van der Waals surface area contributed by atoms with E-state index in [2.05, 4.69) is 16.0 Å². The lowest BCUT2D eigenvalue weighted by atomic mass is 9.88. The average molecular weight is 248 g/mol. The van der Waals surface area contributed by atoms with Gasteiger partial charge in [-0.25, -0.2) is 9.97 Å². The van der Waals surface area contributed by atoms with Gasteiger partial charge in [-0.3, -0.25) is 4.79 Å². The molecule has 17 heavy (non-hydrogen) atoms. The molecule has 0 N–H and O–H groups in total. The third-order valence-electron chi connectivity index (χ3n) is 2.70. The summed E-state index contributed by atoms with van der Waals surface area (Å²) < 4.78 is 0. The van der Waals surface area contributed by atoms with E-state index >= 15 is 0 Å². The fraction of sp³-hybridized carbons (Fsp3) is 0.462. The number of ketones is 1. The van der Waals surface area contributed by atoms with Crippen LogP contribution in [0.5, 0.6) is 0 Å². The average Bonchev–Trinajstić information content (AvgIpc) is 2.58. The second-order valence-electron chi connectivity index (χ2n) is 5.25. The lowest BCUT2D eigenvalue weighted by Crippen LogP contribution is -2.22. The van der Waals surface area contributed by atoms with Gasteiger partial charge in [-0.1, -0.05) is 20.8 Å². The Labute approximate surface area is 105 Å². The maximum atomic E-state index is 12.0. The Balaban J connectivity index is 2.39. The van der Waals surface area contributed by atoms with Crippen LogP contribution in [0.3, 0.4) is 0 Å². The van der Waals surface area contributed by atoms with Crippen molar-refractivity contribution in [3.8, 4) is 0 Å². The lowest BCUT2D eigenvalue weighted by molar-refractivity contribution is -0.125. The van der Waals surface area contributed by atoms with Crippen LogP contribution in [0.2, 0.25) is 0 Å². The summed E-state index contributed by atoms with van der Waals surface area (Å²) >= 11 is 1.64. The molecular weight excluding hydrogens is 232 g/mol. The van der Waals surface area contributed by atoms with Crippen molar-refractivity contribution in [1.82, 2.24) is 9.97 Å². The molecule has 0 saturated heterocycles. The van der Waals surface area contributed by atoms with Crippen molar-refractivity contribution in [2.24, 2.45) is 5.41 Å². The van der Waals surface area contributed by atoms with Gasteiger partial charge >= 0.3 is 0 Å². The first-order valence-electron chi connectivity index (χ1n) is 5.61. The number of rotatable bonds is 2. The summed E-state index contributed by atoms with van der Waals surface area (Å²) in [7, 11) is 0. The molecule has 3 nitrogen and oxygen atoms in total. The Hall–Kier alpha value is -1.29. The van der Waals surface area contributed by atoms with Crippen LogP contribution in [-0.4, -0.2) is 15.8 Å². The Morgan fingerprint density at radius 3 is 2.71 bits per heavy atom. The van der Waals surface area contributed by atoms with E-state index in [1.54, 1.807) is 17.7 Å². The molecule has 0 radical (unpaired) electrons. The van der Waals surface area contributed by atoms with E-state index in [1.165, 1.54) is 4.88 Å². The highest BCUT2D eigenvalue weighted by atomic mass is 32.1. The fourth-order valence-corrected chi connectivity index (χ4v) is 2.45. The first-order valence-corrected chi connectivity index (χ1v) is 6.43. The highest BCUT2D eigenvalue weighted by molar-refractivity contribution is 7.18. The molecule has 2 aromatic rings. The summed E-state index contributed by atoms with van der Waals surface area (Å²) in [6.07, 6.45) is 1.93. The molecular formula is C13H16N2OS. The van der Waals surface area contributed by atoms with Gasteiger partial charge in [-0.15, -0.1) is 11.3 Å². The minimum absolute atomic E-state index is 0.210. The SMILES string of the molecule is Cc1cc2c(CC(=O)C(C)(C)C)ncnc2s1. The number of carbonyl (C=O) groups is 1. The molecule has 0 amide bonds. The number of carbonyl (C=O) groups excluding carboxylic acids is 1. The molecule has 0 aliphatic carbocycles. The largest absolute Gasteiger partial charge is 0.299 e. The van der Waals surface area contributed by atoms with Crippen molar-refractivity contribution in [3.63, 3.8) is 0 Å². The van der Waals surface area contributed by atoms with Crippen LogP contribution < -0.4 is 0 Å². The van der Waals surface area contributed by atoms with Crippen molar-refractivity contribution in [3.05, 3.63) is 23.0 Å². The number of fused-ring (bicyclic) bond motifs is 1. The first kappa shape index (κ1) is 12.2. The molecule has 2 rings (SSSR count). The van der Waals surface area contributed by atoms with Crippen LogP contribution in [0, 0.1) is 12.3 Å². The molecule has 0 aromatic carbocycles. The van der Waals surface area contributed by atoms with E-state index in [1.807, 2.05) is 27.7 Å². The molecule has 0 bridgehead atoms. The molecule has 0 unspecified atom stereocenters. The van der Waals surface area contributed by atoms with E-state index in [-0.39, 0.29) is 11.2 Å². The topological polar surface area (TPSA) is 42.9 Å². The highest BCUT2D eigenvalue weighted by Crippen LogP contribution is 2.26. The molecule has 0 aliphatic heterocycles. The zero-order valence-electron chi connectivity index (χ0n) is 10.6. The minimum atomic E-state index is -0.317. The molecule has 2 aromatic heterocycles. The van der Waals surface area contributed by atoms with Crippen molar-refractivity contribution in [2.75, 3.05) is 0 Å². The van der Waals surface area contributed by atoms with Gasteiger partial charge in [-0.05, 0) is 13.0 Å². The van der Waals surface area contributed by atoms with Crippen LogP contribution in [0.4, 0.5) is 0 Å². The van der Waals surface area contributed by atoms with Crippen LogP contribution in [0.1, 0.15) is 31.3 Å². The predicted molar refractivity (Wildman–Crippen MR) is 70.3 cm³/mol. The number of nitrogens with zero attached hydrogens (tertiary/aromatic N) is 2. The van der Waals surface area contributed by atoms with Crippen molar-refractivity contribution >= 4 is 27.3 Å².